The van der Waals surface area contributed by atoms with E-state index in [1.807, 2.05) is 6.07 Å². The van der Waals surface area contributed by atoms with Crippen LogP contribution in [0.4, 0.5) is 10.1 Å². The van der Waals surface area contributed by atoms with Crippen molar-refractivity contribution in [2.24, 2.45) is 4.99 Å². The van der Waals surface area contributed by atoms with Gasteiger partial charge in [-0.2, -0.15) is 0 Å². The summed E-state index contributed by atoms with van der Waals surface area (Å²) in [4.78, 5) is 44.0. The minimum Gasteiger partial charge on any atom is -0.465 e. The van der Waals surface area contributed by atoms with E-state index in [1.54, 1.807) is 73.7 Å². The number of carbonyl (C=O) groups is 2. The maximum atomic E-state index is 13.8. The predicted molar refractivity (Wildman–Crippen MR) is 143 cm³/mol. The average Bonchev–Trinajstić information content (AvgIpc) is 3.23. The molecular weight excluding hydrogens is 505 g/mol. The van der Waals surface area contributed by atoms with Gasteiger partial charge in [0.1, 0.15) is 5.82 Å². The normalized spacial score (nSPS) is 15.0. The Labute approximate surface area is 220 Å². The number of halogens is 1. The zero-order valence-electron chi connectivity index (χ0n) is 20.5. The van der Waals surface area contributed by atoms with Gasteiger partial charge in [-0.1, -0.05) is 53.8 Å². The van der Waals surface area contributed by atoms with Crippen LogP contribution in [0.15, 0.2) is 99.9 Å². The highest BCUT2D eigenvalue weighted by Crippen LogP contribution is 2.31. The van der Waals surface area contributed by atoms with Crippen LogP contribution in [0.3, 0.4) is 0 Å². The Morgan fingerprint density at radius 2 is 1.71 bits per heavy atom. The molecule has 0 aliphatic carbocycles. The molecule has 1 atom stereocenters. The molecule has 2 heterocycles. The highest BCUT2D eigenvalue weighted by molar-refractivity contribution is 7.07. The molecule has 3 aromatic carbocycles. The molecule has 1 aliphatic heterocycles. The maximum Gasteiger partial charge on any atom is 0.337 e. The smallest absolute Gasteiger partial charge is 0.337 e. The molecule has 1 amide bonds. The van der Waals surface area contributed by atoms with Gasteiger partial charge in [0.2, 0.25) is 0 Å². The molecule has 5 rings (SSSR count). The van der Waals surface area contributed by atoms with E-state index < -0.39 is 23.7 Å². The lowest BCUT2D eigenvalue weighted by molar-refractivity contribution is -0.113. The number of fused-ring (bicyclic) bond motifs is 1. The first-order valence-electron chi connectivity index (χ1n) is 11.7. The average molecular weight is 528 g/mol. The van der Waals surface area contributed by atoms with Crippen molar-refractivity contribution in [1.82, 2.24) is 4.57 Å². The monoisotopic (exact) mass is 527 g/mol. The van der Waals surface area contributed by atoms with Crippen molar-refractivity contribution in [3.05, 3.63) is 132 Å². The summed E-state index contributed by atoms with van der Waals surface area (Å²) in [6.07, 6.45) is 1.70. The topological polar surface area (TPSA) is 89.8 Å². The highest BCUT2D eigenvalue weighted by Gasteiger charge is 2.32. The van der Waals surface area contributed by atoms with Gasteiger partial charge in [0, 0.05) is 5.69 Å². The van der Waals surface area contributed by atoms with E-state index in [9.17, 15) is 18.8 Å². The van der Waals surface area contributed by atoms with Crippen molar-refractivity contribution in [3.8, 4) is 0 Å². The summed E-state index contributed by atoms with van der Waals surface area (Å²) in [6, 6.07) is 20.6. The van der Waals surface area contributed by atoms with Crippen LogP contribution in [0.25, 0.3) is 6.08 Å². The Bertz CT molecular complexity index is 1740. The Hall–Kier alpha value is -4.63. The maximum absolute atomic E-state index is 13.8. The molecule has 0 unspecified atom stereocenters. The molecule has 0 saturated carbocycles. The number of para-hydroxylation sites is 1. The van der Waals surface area contributed by atoms with Crippen LogP contribution in [0.1, 0.15) is 34.5 Å². The molecule has 0 spiro atoms. The van der Waals surface area contributed by atoms with E-state index in [1.165, 1.54) is 35.1 Å². The van der Waals surface area contributed by atoms with Gasteiger partial charge >= 0.3 is 5.97 Å². The van der Waals surface area contributed by atoms with Crippen LogP contribution in [-0.2, 0) is 9.53 Å². The number of carbonyl (C=O) groups excluding carboxylic acids is 2. The van der Waals surface area contributed by atoms with Crippen LogP contribution >= 0.6 is 11.3 Å². The first-order valence-corrected chi connectivity index (χ1v) is 12.5. The molecule has 38 heavy (non-hydrogen) atoms. The quantitative estimate of drug-likeness (QED) is 0.400. The second kappa shape index (κ2) is 10.4. The molecule has 0 bridgehead atoms. The molecule has 0 radical (unpaired) electrons. The Balaban J connectivity index is 1.62. The summed E-state index contributed by atoms with van der Waals surface area (Å²) in [5.74, 6) is -1.28. The Morgan fingerprint density at radius 1 is 1.03 bits per heavy atom. The van der Waals surface area contributed by atoms with Gasteiger partial charge in [-0.05, 0) is 60.5 Å². The molecule has 1 N–H and O–H groups in total. The van der Waals surface area contributed by atoms with Crippen molar-refractivity contribution in [3.63, 3.8) is 0 Å². The number of allylic oxidation sites excluding steroid dienone is 1. The third kappa shape index (κ3) is 4.83. The summed E-state index contributed by atoms with van der Waals surface area (Å²) in [5.41, 5.74) is 2.70. The van der Waals surface area contributed by atoms with Crippen LogP contribution < -0.4 is 20.2 Å². The fourth-order valence-electron chi connectivity index (χ4n) is 4.28. The van der Waals surface area contributed by atoms with Gasteiger partial charge in [-0.15, -0.1) is 0 Å². The molecule has 9 heteroatoms. The Kier molecular flexibility index (Phi) is 6.85. The van der Waals surface area contributed by atoms with Gasteiger partial charge in [0.15, 0.2) is 4.80 Å². The molecule has 1 aliphatic rings. The number of nitrogens with zero attached hydrogens (tertiary/aromatic N) is 2. The van der Waals surface area contributed by atoms with Crippen LogP contribution in [0.5, 0.6) is 0 Å². The van der Waals surface area contributed by atoms with Crippen molar-refractivity contribution >= 4 is 35.0 Å². The number of aromatic nitrogens is 1. The fraction of sp³-hybridized carbons (Fsp3) is 0.103. The molecular formula is C29H22FN3O4S. The molecule has 190 valence electrons. The Morgan fingerprint density at radius 3 is 2.37 bits per heavy atom. The van der Waals surface area contributed by atoms with Crippen molar-refractivity contribution in [2.75, 3.05) is 12.4 Å². The molecule has 7 nitrogen and oxygen atoms in total. The lowest BCUT2D eigenvalue weighted by Gasteiger charge is -2.25. The number of ether oxygens (including phenoxy) is 1. The molecule has 4 aromatic rings. The standard InChI is InChI=1S/C29H22FN3O4S/c1-17-24(26(34)32-22-6-4-3-5-7-22)25(19-12-14-21(30)15-13-19)33-27(35)23(38-29(33)31-17)16-18-8-10-20(11-9-18)28(36)37-2/h3-16,25H,1-2H3,(H,32,34)/t25-/m0/s1. The number of esters is 1. The second-order valence-corrected chi connectivity index (χ2v) is 9.58. The van der Waals surface area contributed by atoms with Gasteiger partial charge in [0.05, 0.1) is 34.5 Å². The van der Waals surface area contributed by atoms with Crippen molar-refractivity contribution in [2.45, 2.75) is 13.0 Å². The van der Waals surface area contributed by atoms with Crippen molar-refractivity contribution in [1.29, 1.82) is 0 Å². The molecule has 0 saturated heterocycles. The predicted octanol–water partition coefficient (Wildman–Crippen LogP) is 3.80. The van der Waals surface area contributed by atoms with Gasteiger partial charge in [-0.3, -0.25) is 14.2 Å². The van der Waals surface area contributed by atoms with Crippen molar-refractivity contribution < 1.29 is 18.7 Å². The summed E-state index contributed by atoms with van der Waals surface area (Å²) < 4.78 is 20.4. The summed E-state index contributed by atoms with van der Waals surface area (Å²) in [6.45, 7) is 1.72. The van der Waals surface area contributed by atoms with E-state index in [4.69, 9.17) is 4.74 Å². The third-order valence-electron chi connectivity index (χ3n) is 6.11. The van der Waals surface area contributed by atoms with Crippen LogP contribution in [0, 0.1) is 5.82 Å². The number of thiazole rings is 1. The van der Waals surface area contributed by atoms with E-state index in [0.717, 1.165) is 0 Å². The third-order valence-corrected chi connectivity index (χ3v) is 7.10. The number of anilines is 1. The molecule has 1 aromatic heterocycles. The van der Waals surface area contributed by atoms with E-state index >= 15 is 0 Å². The van der Waals surface area contributed by atoms with E-state index in [2.05, 4.69) is 10.3 Å². The lowest BCUT2D eigenvalue weighted by atomic mass is 9.95. The minimum absolute atomic E-state index is 0.293. The number of benzene rings is 3. The van der Waals surface area contributed by atoms with E-state index in [-0.39, 0.29) is 5.56 Å². The fourth-order valence-corrected chi connectivity index (χ4v) is 5.32. The zero-order chi connectivity index (χ0) is 26.8. The highest BCUT2D eigenvalue weighted by atomic mass is 32.1. The van der Waals surface area contributed by atoms with Crippen LogP contribution in [0.2, 0.25) is 0 Å². The number of amides is 1. The summed E-state index contributed by atoms with van der Waals surface area (Å²) in [5, 5.41) is 2.88. The first kappa shape index (κ1) is 25.0. The second-order valence-electron chi connectivity index (χ2n) is 8.57. The number of hydrogen-bond acceptors (Lipinski definition) is 6. The largest absolute Gasteiger partial charge is 0.465 e. The molecule has 0 fully saturated rings. The van der Waals surface area contributed by atoms with Gasteiger partial charge in [-0.25, -0.2) is 14.2 Å². The zero-order valence-corrected chi connectivity index (χ0v) is 21.3. The SMILES string of the molecule is COC(=O)c1ccc(C=c2sc3n(c2=O)[C@@H](c2ccc(F)cc2)C(C(=O)Nc2ccccc2)=C(C)N=3)cc1. The van der Waals surface area contributed by atoms with Gasteiger partial charge < -0.3 is 10.1 Å². The summed E-state index contributed by atoms with van der Waals surface area (Å²) in [7, 11) is 1.31. The first-order chi connectivity index (χ1) is 18.4. The minimum atomic E-state index is -0.806. The van der Waals surface area contributed by atoms with E-state index in [0.29, 0.717) is 43.0 Å². The van der Waals surface area contributed by atoms with Gasteiger partial charge in [0.25, 0.3) is 11.5 Å². The number of rotatable bonds is 5. The number of methoxy groups -OCH3 is 1. The number of nitrogens with one attached hydrogen (secondary N) is 1. The summed E-state index contributed by atoms with van der Waals surface area (Å²) >= 11 is 1.19. The number of hydrogen-bond donors (Lipinski definition) is 1. The lowest BCUT2D eigenvalue weighted by Crippen LogP contribution is -2.40. The van der Waals surface area contributed by atoms with Crippen LogP contribution in [-0.4, -0.2) is 23.6 Å².